The number of aliphatic hydroxyl groups excluding tert-OH is 1. The summed E-state index contributed by atoms with van der Waals surface area (Å²) in [5, 5.41) is 18.7. The van der Waals surface area contributed by atoms with Crippen molar-refractivity contribution in [1.82, 2.24) is 15.6 Å². The molecule has 3 heterocycles. The van der Waals surface area contributed by atoms with E-state index in [2.05, 4.69) is 40.7 Å². The third-order valence-electron chi connectivity index (χ3n) is 9.93. The fraction of sp³-hybridized carbons (Fsp3) is 0.385. The summed E-state index contributed by atoms with van der Waals surface area (Å²) in [4.78, 5) is 20.5. The summed E-state index contributed by atoms with van der Waals surface area (Å²) in [6.45, 7) is 2.78. The summed E-state index contributed by atoms with van der Waals surface area (Å²) in [6.07, 6.45) is 6.86. The number of aliphatic hydroxyl groups is 1. The number of carbonyl (C=O) groups is 1. The molecule has 3 aliphatic rings. The van der Waals surface area contributed by atoms with E-state index in [1.165, 1.54) is 18.4 Å². The fourth-order valence-corrected chi connectivity index (χ4v) is 7.38. The molecular formula is C39H44N4O4. The summed E-state index contributed by atoms with van der Waals surface area (Å²) >= 11 is 0. The van der Waals surface area contributed by atoms with Crippen LogP contribution in [0.15, 0.2) is 97.2 Å². The maximum absolute atomic E-state index is 14.0. The van der Waals surface area contributed by atoms with Gasteiger partial charge < -0.3 is 30.1 Å². The quantitative estimate of drug-likeness (QED) is 0.196. The second-order valence-electron chi connectivity index (χ2n) is 13.1. The van der Waals surface area contributed by atoms with Crippen molar-refractivity contribution in [2.45, 2.75) is 81.8 Å². The van der Waals surface area contributed by atoms with Crippen LogP contribution in [0.3, 0.4) is 0 Å². The number of carbonyl (C=O) groups excluding carboxylic acids is 1. The van der Waals surface area contributed by atoms with Crippen LogP contribution < -0.4 is 25.0 Å². The molecule has 1 saturated carbocycles. The van der Waals surface area contributed by atoms with Crippen LogP contribution >= 0.6 is 0 Å². The Bertz CT molecular complexity index is 1660. The molecule has 0 saturated heterocycles. The number of hydrogen-bond donors (Lipinski definition) is 3. The first-order chi connectivity index (χ1) is 23.0. The first kappa shape index (κ1) is 31.2. The lowest BCUT2D eigenvalue weighted by molar-refractivity contribution is -0.129. The van der Waals surface area contributed by atoms with E-state index in [0.29, 0.717) is 25.3 Å². The number of nitrogens with zero attached hydrogens (tertiary/aromatic N) is 2. The molecule has 3 aromatic carbocycles. The fourth-order valence-electron chi connectivity index (χ4n) is 7.38. The number of benzene rings is 3. The van der Waals surface area contributed by atoms with Crippen LogP contribution in [0.2, 0.25) is 0 Å². The molecule has 2 aliphatic heterocycles. The van der Waals surface area contributed by atoms with Gasteiger partial charge in [-0.25, -0.2) is 4.98 Å². The number of aryl methyl sites for hydroxylation is 1. The maximum Gasteiger partial charge on any atom is 0.263 e. The van der Waals surface area contributed by atoms with Gasteiger partial charge in [0.05, 0.1) is 24.4 Å². The van der Waals surface area contributed by atoms with Gasteiger partial charge in [-0.3, -0.25) is 4.79 Å². The number of fused-ring (bicyclic) bond motifs is 2. The Morgan fingerprint density at radius 3 is 2.55 bits per heavy atom. The van der Waals surface area contributed by atoms with Crippen molar-refractivity contribution >= 4 is 17.4 Å². The van der Waals surface area contributed by atoms with Crippen molar-refractivity contribution < 1.29 is 19.4 Å². The zero-order chi connectivity index (χ0) is 32.2. The van der Waals surface area contributed by atoms with E-state index in [1.807, 2.05) is 77.7 Å². The monoisotopic (exact) mass is 632 g/mol. The summed E-state index contributed by atoms with van der Waals surface area (Å²) in [5.74, 6) is 2.05. The van der Waals surface area contributed by atoms with Crippen LogP contribution in [0.4, 0.5) is 11.5 Å². The lowest BCUT2D eigenvalue weighted by Gasteiger charge is -2.41. The number of para-hydroxylation sites is 2. The van der Waals surface area contributed by atoms with Crippen molar-refractivity contribution in [2.24, 2.45) is 0 Å². The molecule has 0 radical (unpaired) electrons. The van der Waals surface area contributed by atoms with Gasteiger partial charge in [-0.1, -0.05) is 67.6 Å². The Balaban J connectivity index is 1.10. The first-order valence-electron chi connectivity index (χ1n) is 17.0. The molecule has 1 unspecified atom stereocenters. The average molecular weight is 633 g/mol. The Kier molecular flexibility index (Phi) is 9.14. The van der Waals surface area contributed by atoms with E-state index in [0.717, 1.165) is 54.1 Å². The Hall–Kier alpha value is -4.40. The number of amides is 1. The summed E-state index contributed by atoms with van der Waals surface area (Å²) in [7, 11) is 0. The number of nitrogens with one attached hydrogen (secondary N) is 2. The van der Waals surface area contributed by atoms with Crippen molar-refractivity contribution in [3.8, 4) is 11.5 Å². The molecule has 7 rings (SSSR count). The SMILES string of the molecule is CCc1ccc2c(c1)[C@@H](NC[C@@H](O)[C@H](Cc1ccccc1)NC(=O)C1CN(c3ccccn3)c3ccccc3O1)CC1(CCCC1)O2. The molecule has 3 N–H and O–H groups in total. The molecule has 1 spiro atoms. The van der Waals surface area contributed by atoms with Gasteiger partial charge in [-0.2, -0.15) is 0 Å². The minimum atomic E-state index is -0.845. The van der Waals surface area contributed by atoms with Crippen molar-refractivity contribution in [3.63, 3.8) is 0 Å². The molecule has 8 heteroatoms. The number of hydrogen-bond acceptors (Lipinski definition) is 7. The van der Waals surface area contributed by atoms with Crippen molar-refractivity contribution in [3.05, 3.63) is 114 Å². The normalized spacial score (nSPS) is 20.8. The number of rotatable bonds is 10. The van der Waals surface area contributed by atoms with E-state index < -0.39 is 18.2 Å². The molecule has 1 fully saturated rings. The van der Waals surface area contributed by atoms with Crippen LogP contribution in [0.5, 0.6) is 11.5 Å². The third-order valence-corrected chi connectivity index (χ3v) is 9.93. The van der Waals surface area contributed by atoms with Gasteiger partial charge >= 0.3 is 0 Å². The molecule has 4 aromatic rings. The second-order valence-corrected chi connectivity index (χ2v) is 13.1. The molecule has 8 nitrogen and oxygen atoms in total. The van der Waals surface area contributed by atoms with Gasteiger partial charge in [0.1, 0.15) is 22.9 Å². The molecule has 1 aliphatic carbocycles. The number of anilines is 2. The molecule has 244 valence electrons. The molecule has 0 bridgehead atoms. The lowest BCUT2D eigenvalue weighted by Crippen LogP contribution is -2.55. The van der Waals surface area contributed by atoms with Crippen LogP contribution in [0, 0.1) is 0 Å². The predicted octanol–water partition coefficient (Wildman–Crippen LogP) is 6.06. The highest BCUT2D eigenvalue weighted by atomic mass is 16.5. The number of ether oxygens (including phenoxy) is 2. The van der Waals surface area contributed by atoms with Crippen molar-refractivity contribution in [2.75, 3.05) is 18.0 Å². The predicted molar refractivity (Wildman–Crippen MR) is 183 cm³/mol. The minimum absolute atomic E-state index is 0.0520. The Labute approximate surface area is 277 Å². The zero-order valence-corrected chi connectivity index (χ0v) is 27.0. The molecule has 1 amide bonds. The van der Waals surface area contributed by atoms with Crippen molar-refractivity contribution in [1.29, 1.82) is 0 Å². The third kappa shape index (κ3) is 6.85. The average Bonchev–Trinajstić information content (AvgIpc) is 3.57. The highest BCUT2D eigenvalue weighted by Gasteiger charge is 2.43. The number of aromatic nitrogens is 1. The highest BCUT2D eigenvalue weighted by Crippen LogP contribution is 2.47. The van der Waals surface area contributed by atoms with Gasteiger partial charge in [0, 0.05) is 30.8 Å². The molecular weight excluding hydrogens is 588 g/mol. The van der Waals surface area contributed by atoms with Crippen LogP contribution in [0.1, 0.15) is 61.8 Å². The van der Waals surface area contributed by atoms with E-state index in [-0.39, 0.29) is 17.6 Å². The van der Waals surface area contributed by atoms with Crippen LogP contribution in [-0.4, -0.2) is 52.9 Å². The van der Waals surface area contributed by atoms with E-state index in [1.54, 1.807) is 6.20 Å². The minimum Gasteiger partial charge on any atom is -0.487 e. The van der Waals surface area contributed by atoms with Crippen LogP contribution in [0.25, 0.3) is 0 Å². The van der Waals surface area contributed by atoms with E-state index in [9.17, 15) is 9.90 Å². The number of pyridine rings is 1. The van der Waals surface area contributed by atoms with Gasteiger partial charge in [0.15, 0.2) is 6.10 Å². The first-order valence-corrected chi connectivity index (χ1v) is 17.0. The van der Waals surface area contributed by atoms with E-state index >= 15 is 0 Å². The summed E-state index contributed by atoms with van der Waals surface area (Å²) < 4.78 is 12.9. The van der Waals surface area contributed by atoms with E-state index in [4.69, 9.17) is 9.47 Å². The highest BCUT2D eigenvalue weighted by molar-refractivity contribution is 5.84. The van der Waals surface area contributed by atoms with Gasteiger partial charge in [0.25, 0.3) is 5.91 Å². The van der Waals surface area contributed by atoms with Crippen LogP contribution in [-0.2, 0) is 17.6 Å². The molecule has 4 atom stereocenters. The van der Waals surface area contributed by atoms with Gasteiger partial charge in [-0.15, -0.1) is 0 Å². The summed E-state index contributed by atoms with van der Waals surface area (Å²) in [6, 6.07) is 29.5. The smallest absolute Gasteiger partial charge is 0.263 e. The summed E-state index contributed by atoms with van der Waals surface area (Å²) in [5.41, 5.74) is 4.17. The molecule has 47 heavy (non-hydrogen) atoms. The zero-order valence-electron chi connectivity index (χ0n) is 27.0. The van der Waals surface area contributed by atoms with Gasteiger partial charge in [0.2, 0.25) is 0 Å². The Morgan fingerprint density at radius 2 is 1.77 bits per heavy atom. The second kappa shape index (κ2) is 13.8. The largest absolute Gasteiger partial charge is 0.487 e. The topological polar surface area (TPSA) is 96.0 Å². The standard InChI is InChI=1S/C39H44N4O4/c1-2-27-17-18-34-29(22-27)31(24-39(47-34)19-9-10-20-39)41-25-33(44)30(23-28-12-4-3-5-13-28)42-38(45)36-26-43(37-16-8-11-21-40-37)32-14-6-7-15-35(32)46-36/h3-8,11-18,21-22,30-31,33,36,41,44H,2,9-10,19-20,23-26H2,1H3,(H,42,45)/t30-,31-,33+,36?/m0/s1. The molecule has 1 aromatic heterocycles. The van der Waals surface area contributed by atoms with Gasteiger partial charge in [-0.05, 0) is 80.0 Å². The maximum atomic E-state index is 14.0. The lowest BCUT2D eigenvalue weighted by atomic mass is 9.85. The Morgan fingerprint density at radius 1 is 0.979 bits per heavy atom.